The molecule has 1 aliphatic carbocycles. The Balaban J connectivity index is 2.38. The average Bonchev–Trinajstić information content (AvgIpc) is 2.96. The Morgan fingerprint density at radius 3 is 1.24 bits per heavy atom. The van der Waals surface area contributed by atoms with Gasteiger partial charge in [0.05, 0.1) is 13.2 Å². The molecule has 0 saturated heterocycles. The van der Waals surface area contributed by atoms with E-state index in [0.29, 0.717) is 0 Å². The fourth-order valence-corrected chi connectivity index (χ4v) is 4.64. The molecule has 1 aliphatic rings. The molecule has 4 atom stereocenters. The zero-order chi connectivity index (χ0) is 32.0. The van der Waals surface area contributed by atoms with Crippen molar-refractivity contribution in [3.8, 4) is 0 Å². The molecule has 0 nitrogen and oxygen atoms in total. The van der Waals surface area contributed by atoms with E-state index in [0.717, 1.165) is 0 Å². The predicted octanol–water partition coefficient (Wildman–Crippen LogP) is 7.95. The van der Waals surface area contributed by atoms with Gasteiger partial charge in [0.15, 0.2) is 87.5 Å². The first-order chi connectivity index (χ1) is 19.2. The van der Waals surface area contributed by atoms with Gasteiger partial charge in [-0.2, -0.15) is 0 Å². The molecule has 0 aliphatic heterocycles. The third-order valence-electron chi connectivity index (χ3n) is 6.67. The monoisotopic (exact) mass is 626 g/mol. The van der Waals surface area contributed by atoms with Crippen molar-refractivity contribution in [2.75, 3.05) is 0 Å². The molecule has 18 heteroatoms. The highest BCUT2D eigenvalue weighted by atomic mass is 19.2. The maximum Gasteiger partial charge on any atom is 0.215 e. The summed E-state index contributed by atoms with van der Waals surface area (Å²) in [6.45, 7) is 0. The van der Waals surface area contributed by atoms with Crippen LogP contribution in [-0.4, -0.2) is 14.0 Å². The van der Waals surface area contributed by atoms with E-state index in [2.05, 4.69) is 0 Å². The van der Waals surface area contributed by atoms with Crippen molar-refractivity contribution in [1.82, 2.24) is 0 Å². The lowest BCUT2D eigenvalue weighted by Gasteiger charge is -2.54. The molecule has 3 aromatic rings. The van der Waals surface area contributed by atoms with Crippen LogP contribution in [0.1, 0.15) is 16.7 Å². The van der Waals surface area contributed by atoms with Crippen LogP contribution >= 0.6 is 0 Å². The summed E-state index contributed by atoms with van der Waals surface area (Å²) in [7, 11) is 5.31. The van der Waals surface area contributed by atoms with Crippen LogP contribution in [-0.2, 0) is 16.7 Å². The van der Waals surface area contributed by atoms with Crippen LogP contribution in [0, 0.1) is 69.8 Å². The molecule has 0 saturated carbocycles. The van der Waals surface area contributed by atoms with Gasteiger partial charge in [-0.1, -0.05) is 0 Å². The van der Waals surface area contributed by atoms with Gasteiger partial charge in [0, 0.05) is 16.7 Å². The molecule has 4 rings (SSSR count). The Bertz CT molecular complexity index is 1700. The van der Waals surface area contributed by atoms with Crippen LogP contribution in [0.15, 0.2) is 29.9 Å². The fraction of sp³-hybridized carbons (Fsp3) is 0.167. The SMILES string of the molecule is [B]C1(c2cc(F)c(F)c(F)c2F)C(F)=C(F)C(F)C(F)(c2cc(F)c(F)c(F)c2F)C1(F)c1cc(F)c(F)c(F)c1F. The van der Waals surface area contributed by atoms with Gasteiger partial charge in [0.25, 0.3) is 0 Å². The average molecular weight is 626 g/mol. The quantitative estimate of drug-likeness (QED) is 0.120. The standard InChI is InChI=1S/C24H4BF17/c25-22(4-1-7(26)13(32)16(35)10(4)29)20(39)19(38)21(40)23(41,5-2-8(27)14(33)17(36)11(5)30)24(22,42)6-3-9(28)15(34)18(37)12(6)31/h1-3,21H. The summed E-state index contributed by atoms with van der Waals surface area (Å²) >= 11 is 0. The van der Waals surface area contributed by atoms with E-state index in [1.807, 2.05) is 0 Å². The highest BCUT2D eigenvalue weighted by Gasteiger charge is 2.77. The molecule has 0 bridgehead atoms. The lowest BCUT2D eigenvalue weighted by atomic mass is 9.45. The van der Waals surface area contributed by atoms with E-state index < -0.39 is 139 Å². The number of hydrogen-bond donors (Lipinski definition) is 0. The van der Waals surface area contributed by atoms with Crippen molar-refractivity contribution in [2.45, 2.75) is 22.8 Å². The predicted molar refractivity (Wildman–Crippen MR) is 106 cm³/mol. The van der Waals surface area contributed by atoms with E-state index in [4.69, 9.17) is 7.85 Å². The van der Waals surface area contributed by atoms with Gasteiger partial charge in [-0.15, -0.1) is 0 Å². The molecule has 42 heavy (non-hydrogen) atoms. The fourth-order valence-electron chi connectivity index (χ4n) is 4.64. The van der Waals surface area contributed by atoms with Crippen LogP contribution in [0.4, 0.5) is 74.6 Å². The molecule has 222 valence electrons. The summed E-state index contributed by atoms with van der Waals surface area (Å²) in [4.78, 5) is 0. The molecule has 0 spiro atoms. The van der Waals surface area contributed by atoms with Crippen molar-refractivity contribution in [3.05, 3.63) is 116 Å². The topological polar surface area (TPSA) is 0 Å². The minimum Gasteiger partial charge on any atom is -0.235 e. The van der Waals surface area contributed by atoms with Crippen LogP contribution < -0.4 is 0 Å². The van der Waals surface area contributed by atoms with E-state index in [9.17, 15) is 57.1 Å². The van der Waals surface area contributed by atoms with Crippen molar-refractivity contribution < 1.29 is 74.6 Å². The molecular formula is C24H4BF17. The molecule has 2 radical (unpaired) electrons. The first-order valence-electron chi connectivity index (χ1n) is 10.6. The second kappa shape index (κ2) is 9.66. The number of hydrogen-bond acceptors (Lipinski definition) is 0. The number of alkyl halides is 3. The first-order valence-corrected chi connectivity index (χ1v) is 10.6. The summed E-state index contributed by atoms with van der Waals surface area (Å²) in [5, 5.41) is -5.28. The summed E-state index contributed by atoms with van der Waals surface area (Å²) < 4.78 is 250. The van der Waals surface area contributed by atoms with Gasteiger partial charge in [0.1, 0.15) is 5.83 Å². The largest absolute Gasteiger partial charge is 0.235 e. The zero-order valence-electron chi connectivity index (χ0n) is 19.3. The minimum absolute atomic E-state index is 0.857. The number of allylic oxidation sites excluding steroid dienone is 2. The second-order valence-corrected chi connectivity index (χ2v) is 8.75. The van der Waals surface area contributed by atoms with Crippen molar-refractivity contribution >= 4 is 7.85 Å². The molecule has 0 amide bonds. The Labute approximate surface area is 222 Å². The summed E-state index contributed by atoms with van der Waals surface area (Å²) in [5.41, 5.74) is -20.6. The molecule has 4 unspecified atom stereocenters. The van der Waals surface area contributed by atoms with E-state index >= 15 is 17.6 Å². The van der Waals surface area contributed by atoms with Gasteiger partial charge < -0.3 is 0 Å². The zero-order valence-corrected chi connectivity index (χ0v) is 19.3. The number of halogens is 17. The molecule has 0 aromatic heterocycles. The molecule has 0 heterocycles. The van der Waals surface area contributed by atoms with Crippen molar-refractivity contribution in [2.24, 2.45) is 0 Å². The van der Waals surface area contributed by atoms with Crippen molar-refractivity contribution in [3.63, 3.8) is 0 Å². The normalized spacial score (nSPS) is 26.3. The van der Waals surface area contributed by atoms with Crippen LogP contribution in [0.2, 0.25) is 0 Å². The van der Waals surface area contributed by atoms with Crippen LogP contribution in [0.3, 0.4) is 0 Å². The van der Waals surface area contributed by atoms with E-state index in [-0.39, 0.29) is 0 Å². The third kappa shape index (κ3) is 3.58. The highest BCUT2D eigenvalue weighted by Crippen LogP contribution is 2.67. The highest BCUT2D eigenvalue weighted by molar-refractivity contribution is 6.19. The second-order valence-electron chi connectivity index (χ2n) is 8.75. The van der Waals surface area contributed by atoms with Gasteiger partial charge in [-0.25, -0.2) is 74.6 Å². The van der Waals surface area contributed by atoms with Crippen molar-refractivity contribution in [1.29, 1.82) is 0 Å². The lowest BCUT2D eigenvalue weighted by molar-refractivity contribution is -0.138. The molecule has 3 aromatic carbocycles. The Morgan fingerprint density at radius 2 is 0.810 bits per heavy atom. The molecule has 0 fully saturated rings. The van der Waals surface area contributed by atoms with Gasteiger partial charge >= 0.3 is 0 Å². The lowest BCUT2D eigenvalue weighted by Crippen LogP contribution is -2.66. The Kier molecular flexibility index (Phi) is 7.18. The van der Waals surface area contributed by atoms with Gasteiger partial charge in [0.2, 0.25) is 5.67 Å². The maximum atomic E-state index is 17.4. The maximum absolute atomic E-state index is 17.4. The van der Waals surface area contributed by atoms with E-state index in [1.54, 1.807) is 0 Å². The first kappa shape index (κ1) is 31.2. The number of benzene rings is 3. The van der Waals surface area contributed by atoms with Gasteiger partial charge in [-0.05, 0) is 18.2 Å². The molecular weight excluding hydrogens is 622 g/mol. The smallest absolute Gasteiger partial charge is 0.215 e. The summed E-state index contributed by atoms with van der Waals surface area (Å²) in [6, 6.07) is -2.85. The number of rotatable bonds is 3. The molecule has 0 N–H and O–H groups in total. The van der Waals surface area contributed by atoms with Crippen LogP contribution in [0.25, 0.3) is 0 Å². The summed E-state index contributed by atoms with van der Waals surface area (Å²) in [6.07, 6.45) is -4.88. The Hall–Kier alpha value is -3.73. The summed E-state index contributed by atoms with van der Waals surface area (Å²) in [5.74, 6) is -42.5. The third-order valence-corrected chi connectivity index (χ3v) is 6.67. The van der Waals surface area contributed by atoms with Gasteiger partial charge in [-0.3, -0.25) is 0 Å². The minimum atomic E-state index is -6.03. The van der Waals surface area contributed by atoms with E-state index in [1.165, 1.54) is 0 Å². The van der Waals surface area contributed by atoms with Crippen LogP contribution in [0.5, 0.6) is 0 Å². The Morgan fingerprint density at radius 1 is 0.476 bits per heavy atom.